The number of esters is 1. The van der Waals surface area contributed by atoms with Gasteiger partial charge in [0.25, 0.3) is 5.56 Å². The molecule has 3 rings (SSSR count). The Morgan fingerprint density at radius 3 is 2.63 bits per heavy atom. The minimum atomic E-state index is -0.582. The van der Waals surface area contributed by atoms with Gasteiger partial charge in [0.1, 0.15) is 11.6 Å². The summed E-state index contributed by atoms with van der Waals surface area (Å²) in [6.45, 7) is 3.93. The summed E-state index contributed by atoms with van der Waals surface area (Å²) >= 11 is 3.45. The van der Waals surface area contributed by atoms with Gasteiger partial charge >= 0.3 is 5.97 Å². The van der Waals surface area contributed by atoms with Crippen LogP contribution >= 0.6 is 15.9 Å². The summed E-state index contributed by atoms with van der Waals surface area (Å²) in [6, 6.07) is 14.2. The Labute approximate surface area is 209 Å². The van der Waals surface area contributed by atoms with Gasteiger partial charge in [-0.05, 0) is 41.9 Å². The summed E-state index contributed by atoms with van der Waals surface area (Å²) in [5, 5.41) is 13.5. The van der Waals surface area contributed by atoms with Gasteiger partial charge in [0.05, 0.1) is 25.1 Å². The van der Waals surface area contributed by atoms with Crippen LogP contribution in [0.5, 0.6) is 11.5 Å². The molecule has 0 radical (unpaired) electrons. The molecule has 11 heteroatoms. The standard InChI is InChI=1S/C24H22BrN5O5/c1-3-33-19-10-16(18(25)11-20(19)35-14-21(31)34-4-2)13-27-30-24-28-22(15-8-6-5-7-9-15)17(12-26)23(32)29-24/h5-11,13H,3-4,14H2,1-2H3,(H2,28,29,30,32). The number of ether oxygens (including phenoxy) is 3. The van der Waals surface area contributed by atoms with Crippen molar-refractivity contribution in [3.8, 4) is 28.8 Å². The summed E-state index contributed by atoms with van der Waals surface area (Å²) in [7, 11) is 0. The van der Waals surface area contributed by atoms with Gasteiger partial charge in [0, 0.05) is 15.6 Å². The highest BCUT2D eigenvalue weighted by atomic mass is 79.9. The maximum atomic E-state index is 12.4. The van der Waals surface area contributed by atoms with Gasteiger partial charge in [-0.3, -0.25) is 9.78 Å². The van der Waals surface area contributed by atoms with E-state index >= 15 is 0 Å². The molecule has 0 amide bonds. The van der Waals surface area contributed by atoms with Gasteiger partial charge in [-0.25, -0.2) is 15.2 Å². The molecule has 10 nitrogen and oxygen atoms in total. The van der Waals surface area contributed by atoms with Crippen molar-refractivity contribution in [2.75, 3.05) is 25.2 Å². The Morgan fingerprint density at radius 2 is 1.94 bits per heavy atom. The summed E-state index contributed by atoms with van der Waals surface area (Å²) < 4.78 is 16.7. The number of aromatic nitrogens is 2. The van der Waals surface area contributed by atoms with E-state index in [9.17, 15) is 14.9 Å². The van der Waals surface area contributed by atoms with Gasteiger partial charge in [0.15, 0.2) is 18.1 Å². The van der Waals surface area contributed by atoms with Gasteiger partial charge in [-0.1, -0.05) is 30.3 Å². The number of halogens is 1. The highest BCUT2D eigenvalue weighted by Crippen LogP contribution is 2.33. The average molecular weight is 540 g/mol. The maximum absolute atomic E-state index is 12.4. The normalized spacial score (nSPS) is 10.6. The molecule has 180 valence electrons. The third kappa shape index (κ3) is 6.68. The average Bonchev–Trinajstić information content (AvgIpc) is 2.85. The number of nitrogens with zero attached hydrogens (tertiary/aromatic N) is 3. The number of hydrogen-bond donors (Lipinski definition) is 2. The quantitative estimate of drug-likeness (QED) is 0.225. The first-order chi connectivity index (χ1) is 17.0. The maximum Gasteiger partial charge on any atom is 0.344 e. The lowest BCUT2D eigenvalue weighted by Crippen LogP contribution is -2.16. The Bertz CT molecular complexity index is 1320. The molecule has 2 aromatic carbocycles. The fourth-order valence-electron chi connectivity index (χ4n) is 2.97. The van der Waals surface area contributed by atoms with Crippen molar-refractivity contribution >= 4 is 34.1 Å². The minimum Gasteiger partial charge on any atom is -0.490 e. The van der Waals surface area contributed by atoms with Crippen LogP contribution in [0.4, 0.5) is 5.95 Å². The van der Waals surface area contributed by atoms with Gasteiger partial charge in [-0.2, -0.15) is 10.4 Å². The molecule has 0 unspecified atom stereocenters. The lowest BCUT2D eigenvalue weighted by atomic mass is 10.1. The van der Waals surface area contributed by atoms with Crippen LogP contribution in [0, 0.1) is 11.3 Å². The molecule has 0 spiro atoms. The second-order valence-electron chi connectivity index (χ2n) is 6.83. The van der Waals surface area contributed by atoms with Crippen LogP contribution in [0.25, 0.3) is 11.3 Å². The smallest absolute Gasteiger partial charge is 0.344 e. The number of carbonyl (C=O) groups is 1. The van der Waals surface area contributed by atoms with Crippen molar-refractivity contribution < 1.29 is 19.0 Å². The molecule has 0 saturated heterocycles. The number of anilines is 1. The van der Waals surface area contributed by atoms with E-state index in [1.165, 1.54) is 6.21 Å². The van der Waals surface area contributed by atoms with E-state index in [0.717, 1.165) is 0 Å². The van der Waals surface area contributed by atoms with Crippen LogP contribution in [-0.2, 0) is 9.53 Å². The minimum absolute atomic E-state index is 0.0691. The molecule has 1 aromatic heterocycles. The largest absolute Gasteiger partial charge is 0.490 e. The fourth-order valence-corrected chi connectivity index (χ4v) is 3.39. The number of nitrogens with one attached hydrogen (secondary N) is 2. The summed E-state index contributed by atoms with van der Waals surface area (Å²) in [4.78, 5) is 30.8. The van der Waals surface area contributed by atoms with E-state index in [-0.39, 0.29) is 30.4 Å². The first-order valence-electron chi connectivity index (χ1n) is 10.6. The number of hydrazone groups is 1. The van der Waals surface area contributed by atoms with Gasteiger partial charge < -0.3 is 14.2 Å². The molecule has 1 heterocycles. The number of hydrogen-bond acceptors (Lipinski definition) is 9. The summed E-state index contributed by atoms with van der Waals surface area (Å²) in [5.74, 6) is 0.361. The second kappa shape index (κ2) is 12.3. The van der Waals surface area contributed by atoms with E-state index in [4.69, 9.17) is 14.2 Å². The van der Waals surface area contributed by atoms with E-state index in [2.05, 4.69) is 36.4 Å². The molecule has 0 bridgehead atoms. The monoisotopic (exact) mass is 539 g/mol. The summed E-state index contributed by atoms with van der Waals surface area (Å²) in [5.41, 5.74) is 3.52. The van der Waals surface area contributed by atoms with Crippen LogP contribution in [0.2, 0.25) is 0 Å². The Kier molecular flexibility index (Phi) is 8.97. The third-order valence-corrected chi connectivity index (χ3v) is 5.15. The van der Waals surface area contributed by atoms with E-state index in [0.29, 0.717) is 33.7 Å². The molecule has 3 aromatic rings. The molecule has 0 fully saturated rings. The van der Waals surface area contributed by atoms with Gasteiger partial charge in [0.2, 0.25) is 5.95 Å². The topological polar surface area (TPSA) is 139 Å². The highest BCUT2D eigenvalue weighted by Gasteiger charge is 2.14. The molecule has 0 atom stereocenters. The lowest BCUT2D eigenvalue weighted by Gasteiger charge is -2.13. The Hall–Kier alpha value is -4.17. The number of H-pyrrole nitrogens is 1. The van der Waals surface area contributed by atoms with Crippen molar-refractivity contribution in [2.24, 2.45) is 5.10 Å². The predicted molar refractivity (Wildman–Crippen MR) is 134 cm³/mol. The number of nitriles is 1. The van der Waals surface area contributed by atoms with Crippen molar-refractivity contribution in [1.29, 1.82) is 5.26 Å². The predicted octanol–water partition coefficient (Wildman–Crippen LogP) is 3.86. The van der Waals surface area contributed by atoms with Crippen LogP contribution in [-0.4, -0.2) is 42.0 Å². The molecule has 0 saturated carbocycles. The Balaban J connectivity index is 1.83. The highest BCUT2D eigenvalue weighted by molar-refractivity contribution is 9.10. The molecular formula is C24H22BrN5O5. The second-order valence-corrected chi connectivity index (χ2v) is 7.69. The zero-order valence-electron chi connectivity index (χ0n) is 19.0. The van der Waals surface area contributed by atoms with Crippen molar-refractivity contribution in [1.82, 2.24) is 9.97 Å². The van der Waals surface area contributed by atoms with Crippen LogP contribution in [0.15, 0.2) is 56.8 Å². The zero-order valence-corrected chi connectivity index (χ0v) is 20.6. The summed E-state index contributed by atoms with van der Waals surface area (Å²) in [6.07, 6.45) is 1.49. The number of rotatable bonds is 10. The van der Waals surface area contributed by atoms with Crippen molar-refractivity contribution in [3.63, 3.8) is 0 Å². The molecular weight excluding hydrogens is 518 g/mol. The molecule has 2 N–H and O–H groups in total. The molecule has 0 aliphatic carbocycles. The van der Waals surface area contributed by atoms with Crippen LogP contribution in [0.1, 0.15) is 25.0 Å². The van der Waals surface area contributed by atoms with E-state index in [1.54, 1.807) is 43.3 Å². The van der Waals surface area contributed by atoms with Crippen LogP contribution < -0.4 is 20.5 Å². The van der Waals surface area contributed by atoms with E-state index < -0.39 is 11.5 Å². The fraction of sp³-hybridized carbons (Fsp3) is 0.208. The van der Waals surface area contributed by atoms with E-state index in [1.807, 2.05) is 19.1 Å². The Morgan fingerprint density at radius 1 is 1.20 bits per heavy atom. The lowest BCUT2D eigenvalue weighted by molar-refractivity contribution is -0.145. The number of benzene rings is 2. The zero-order chi connectivity index (χ0) is 25.2. The molecule has 0 aliphatic rings. The third-order valence-electron chi connectivity index (χ3n) is 4.47. The number of aromatic amines is 1. The SMILES string of the molecule is CCOC(=O)COc1cc(Br)c(C=NNc2nc(-c3ccccc3)c(C#N)c(=O)[nH]2)cc1OCC. The van der Waals surface area contributed by atoms with Crippen molar-refractivity contribution in [3.05, 3.63) is 68.4 Å². The first kappa shape index (κ1) is 25.5. The first-order valence-corrected chi connectivity index (χ1v) is 11.4. The van der Waals surface area contributed by atoms with Crippen molar-refractivity contribution in [2.45, 2.75) is 13.8 Å². The van der Waals surface area contributed by atoms with Gasteiger partial charge in [-0.15, -0.1) is 0 Å². The van der Waals surface area contributed by atoms with Crippen LogP contribution in [0.3, 0.4) is 0 Å². The molecule has 35 heavy (non-hydrogen) atoms. The molecule has 0 aliphatic heterocycles. The number of carbonyl (C=O) groups excluding carboxylic acids is 1.